The van der Waals surface area contributed by atoms with Crippen LogP contribution in [0.4, 0.5) is 13.2 Å². The van der Waals surface area contributed by atoms with E-state index in [2.05, 4.69) is 5.32 Å². The number of nitrogens with one attached hydrogen (secondary N) is 1. The van der Waals surface area contributed by atoms with Crippen LogP contribution in [0.2, 0.25) is 0 Å². The van der Waals surface area contributed by atoms with Crippen LogP contribution in [-0.4, -0.2) is 18.3 Å². The van der Waals surface area contributed by atoms with Crippen LogP contribution in [0.5, 0.6) is 0 Å². The van der Waals surface area contributed by atoms with Gasteiger partial charge in [-0.05, 0) is 36.9 Å². The van der Waals surface area contributed by atoms with Crippen LogP contribution in [-0.2, 0) is 6.18 Å². The summed E-state index contributed by atoms with van der Waals surface area (Å²) in [6.07, 6.45) is -2.15. The predicted octanol–water partition coefficient (Wildman–Crippen LogP) is 2.74. The van der Waals surface area contributed by atoms with Gasteiger partial charge in [0, 0.05) is 0 Å². The average molecular weight is 259 g/mol. The zero-order chi connectivity index (χ0) is 13.2. The van der Waals surface area contributed by atoms with Crippen molar-refractivity contribution in [2.75, 3.05) is 13.2 Å². The molecule has 0 aliphatic heterocycles. The van der Waals surface area contributed by atoms with Crippen molar-refractivity contribution in [1.29, 1.82) is 0 Å². The smallest absolute Gasteiger partial charge is 0.394 e. The highest BCUT2D eigenvalue weighted by Gasteiger charge is 2.35. The lowest BCUT2D eigenvalue weighted by Gasteiger charge is -2.21. The quantitative estimate of drug-likeness (QED) is 0.852. The Morgan fingerprint density at radius 1 is 1.28 bits per heavy atom. The molecule has 1 aromatic rings. The second-order valence-electron chi connectivity index (χ2n) is 4.67. The maximum absolute atomic E-state index is 12.8. The van der Waals surface area contributed by atoms with Crippen molar-refractivity contribution >= 4 is 0 Å². The van der Waals surface area contributed by atoms with Crippen molar-refractivity contribution in [3.8, 4) is 0 Å². The summed E-state index contributed by atoms with van der Waals surface area (Å²) in [4.78, 5) is 0. The van der Waals surface area contributed by atoms with Crippen LogP contribution in [0.15, 0.2) is 24.3 Å². The Kier molecular flexibility index (Phi) is 3.92. The maximum Gasteiger partial charge on any atom is 0.416 e. The molecule has 2 nitrogen and oxygen atoms in total. The fraction of sp³-hybridized carbons (Fsp3) is 0.538. The molecule has 0 aromatic heterocycles. The van der Waals surface area contributed by atoms with Gasteiger partial charge in [0.15, 0.2) is 0 Å². The highest BCUT2D eigenvalue weighted by atomic mass is 19.4. The molecule has 0 radical (unpaired) electrons. The Bertz CT molecular complexity index is 401. The van der Waals surface area contributed by atoms with Crippen LogP contribution in [0.25, 0.3) is 0 Å². The zero-order valence-electron chi connectivity index (χ0n) is 9.87. The SMILES string of the molecule is OCC(NCC1CC1)c1ccccc1C(F)(F)F. The van der Waals surface area contributed by atoms with E-state index in [1.165, 1.54) is 12.1 Å². The first kappa shape index (κ1) is 13.4. The van der Waals surface area contributed by atoms with Gasteiger partial charge in [-0.15, -0.1) is 0 Å². The summed E-state index contributed by atoms with van der Waals surface area (Å²) >= 11 is 0. The fourth-order valence-corrected chi connectivity index (χ4v) is 1.96. The molecular weight excluding hydrogens is 243 g/mol. The first-order valence-corrected chi connectivity index (χ1v) is 6.02. The molecule has 0 bridgehead atoms. The van der Waals surface area contributed by atoms with Crippen LogP contribution in [0, 0.1) is 5.92 Å². The number of halogens is 3. The van der Waals surface area contributed by atoms with Gasteiger partial charge in [-0.1, -0.05) is 18.2 Å². The largest absolute Gasteiger partial charge is 0.416 e. The number of benzene rings is 1. The van der Waals surface area contributed by atoms with Gasteiger partial charge in [-0.3, -0.25) is 0 Å². The lowest BCUT2D eigenvalue weighted by Crippen LogP contribution is -2.28. The molecule has 0 saturated heterocycles. The van der Waals surface area contributed by atoms with Gasteiger partial charge in [0.1, 0.15) is 0 Å². The van der Waals surface area contributed by atoms with Gasteiger partial charge in [0.05, 0.1) is 18.2 Å². The molecule has 1 unspecified atom stereocenters. The van der Waals surface area contributed by atoms with Crippen LogP contribution < -0.4 is 5.32 Å². The maximum atomic E-state index is 12.8. The summed E-state index contributed by atoms with van der Waals surface area (Å²) in [5.74, 6) is 0.553. The van der Waals surface area contributed by atoms with Gasteiger partial charge in [-0.25, -0.2) is 0 Å². The van der Waals surface area contributed by atoms with Gasteiger partial charge in [0.2, 0.25) is 0 Å². The summed E-state index contributed by atoms with van der Waals surface area (Å²) < 4.78 is 38.5. The summed E-state index contributed by atoms with van der Waals surface area (Å²) in [6, 6.07) is 4.75. The molecule has 5 heteroatoms. The van der Waals surface area contributed by atoms with Crippen molar-refractivity contribution in [3.05, 3.63) is 35.4 Å². The highest BCUT2D eigenvalue weighted by molar-refractivity contribution is 5.32. The first-order valence-electron chi connectivity index (χ1n) is 6.02. The minimum atomic E-state index is -4.38. The third kappa shape index (κ3) is 3.23. The summed E-state index contributed by atoms with van der Waals surface area (Å²) in [6.45, 7) is 0.331. The Hall–Kier alpha value is -1.07. The van der Waals surface area contributed by atoms with E-state index in [1.807, 2.05) is 0 Å². The summed E-state index contributed by atoms with van der Waals surface area (Å²) in [5, 5.41) is 12.3. The van der Waals surface area contributed by atoms with Crippen molar-refractivity contribution < 1.29 is 18.3 Å². The van der Waals surface area contributed by atoms with E-state index in [0.717, 1.165) is 18.9 Å². The van der Waals surface area contributed by atoms with Crippen LogP contribution in [0.3, 0.4) is 0 Å². The lowest BCUT2D eigenvalue weighted by molar-refractivity contribution is -0.138. The van der Waals surface area contributed by atoms with E-state index in [-0.39, 0.29) is 12.2 Å². The molecule has 1 aliphatic rings. The van der Waals surface area contributed by atoms with E-state index >= 15 is 0 Å². The van der Waals surface area contributed by atoms with Gasteiger partial charge in [-0.2, -0.15) is 13.2 Å². The van der Waals surface area contributed by atoms with Crippen molar-refractivity contribution in [2.45, 2.75) is 25.1 Å². The van der Waals surface area contributed by atoms with Crippen LogP contribution in [0.1, 0.15) is 30.0 Å². The van der Waals surface area contributed by atoms with Gasteiger partial charge < -0.3 is 10.4 Å². The fourth-order valence-electron chi connectivity index (χ4n) is 1.96. The van der Waals surface area contributed by atoms with E-state index in [4.69, 9.17) is 0 Å². The minimum Gasteiger partial charge on any atom is -0.394 e. The van der Waals surface area contributed by atoms with Crippen molar-refractivity contribution in [2.24, 2.45) is 5.92 Å². The highest BCUT2D eigenvalue weighted by Crippen LogP contribution is 2.35. The Labute approximate surface area is 104 Å². The third-order valence-corrected chi connectivity index (χ3v) is 3.17. The topological polar surface area (TPSA) is 32.3 Å². The number of alkyl halides is 3. The van der Waals surface area contributed by atoms with E-state index in [0.29, 0.717) is 12.5 Å². The number of hydrogen-bond acceptors (Lipinski definition) is 2. The minimum absolute atomic E-state index is 0.119. The second kappa shape index (κ2) is 5.28. The van der Waals surface area contributed by atoms with Gasteiger partial charge >= 0.3 is 6.18 Å². The molecule has 2 N–H and O–H groups in total. The first-order chi connectivity index (χ1) is 8.52. The zero-order valence-corrected chi connectivity index (χ0v) is 9.87. The van der Waals surface area contributed by atoms with Crippen molar-refractivity contribution in [3.63, 3.8) is 0 Å². The molecule has 18 heavy (non-hydrogen) atoms. The molecule has 1 atom stereocenters. The monoisotopic (exact) mass is 259 g/mol. The Morgan fingerprint density at radius 2 is 1.94 bits per heavy atom. The summed E-state index contributed by atoms with van der Waals surface area (Å²) in [5.41, 5.74) is -0.555. The molecule has 0 amide bonds. The summed E-state index contributed by atoms with van der Waals surface area (Å²) in [7, 11) is 0. The number of hydrogen-bond donors (Lipinski definition) is 2. The third-order valence-electron chi connectivity index (χ3n) is 3.17. The molecule has 0 spiro atoms. The molecule has 1 aliphatic carbocycles. The lowest BCUT2D eigenvalue weighted by atomic mass is 10.00. The average Bonchev–Trinajstić information content (AvgIpc) is 3.13. The van der Waals surface area contributed by atoms with E-state index < -0.39 is 17.8 Å². The Morgan fingerprint density at radius 3 is 2.50 bits per heavy atom. The molecule has 0 heterocycles. The number of aliphatic hydroxyl groups is 1. The normalized spacial score (nSPS) is 17.8. The molecule has 1 aromatic carbocycles. The molecule has 1 fully saturated rings. The molecule has 2 rings (SSSR count). The molecule has 100 valence electrons. The van der Waals surface area contributed by atoms with Crippen LogP contribution >= 0.6 is 0 Å². The molecular formula is C13H16F3NO. The van der Waals surface area contributed by atoms with E-state index in [1.54, 1.807) is 6.07 Å². The number of rotatable bonds is 5. The second-order valence-corrected chi connectivity index (χ2v) is 4.67. The standard InChI is InChI=1S/C13H16F3NO/c14-13(15,16)11-4-2-1-3-10(11)12(8-18)17-7-9-5-6-9/h1-4,9,12,17-18H,5-8H2. The molecule has 1 saturated carbocycles. The predicted molar refractivity (Wildman–Crippen MR) is 62.0 cm³/mol. The van der Waals surface area contributed by atoms with Crippen molar-refractivity contribution in [1.82, 2.24) is 5.32 Å². The Balaban J connectivity index is 2.17. The number of aliphatic hydroxyl groups excluding tert-OH is 1. The van der Waals surface area contributed by atoms with E-state index in [9.17, 15) is 18.3 Å². The van der Waals surface area contributed by atoms with Gasteiger partial charge in [0.25, 0.3) is 0 Å².